The molecule has 0 spiro atoms. The molecule has 2 N–H and O–H groups in total. The van der Waals surface area contributed by atoms with Gasteiger partial charge in [-0.1, -0.05) is 38.1 Å². The van der Waals surface area contributed by atoms with E-state index in [1.54, 1.807) is 11.0 Å². The fourth-order valence-electron chi connectivity index (χ4n) is 3.16. The zero-order valence-electron chi connectivity index (χ0n) is 15.8. The summed E-state index contributed by atoms with van der Waals surface area (Å²) in [6.07, 6.45) is 3.17. The highest BCUT2D eigenvalue weighted by Gasteiger charge is 2.22. The van der Waals surface area contributed by atoms with Crippen molar-refractivity contribution in [3.63, 3.8) is 0 Å². The fourth-order valence-corrected chi connectivity index (χ4v) is 3.16. The van der Waals surface area contributed by atoms with Crippen LogP contribution in [0, 0.1) is 5.92 Å². The van der Waals surface area contributed by atoms with Crippen LogP contribution in [0.2, 0.25) is 0 Å². The third kappa shape index (κ3) is 3.78. The van der Waals surface area contributed by atoms with Gasteiger partial charge in [0.1, 0.15) is 18.5 Å². The largest absolute Gasteiger partial charge is 0.342 e. The van der Waals surface area contributed by atoms with Crippen LogP contribution in [0.25, 0.3) is 11.0 Å². The predicted octanol–water partition coefficient (Wildman–Crippen LogP) is 3.33. The zero-order valence-corrected chi connectivity index (χ0v) is 15.8. The molecule has 0 bridgehead atoms. The molecule has 2 heterocycles. The maximum Gasteiger partial charge on any atom is 0.251 e. The number of amides is 1. The SMILES string of the molecule is CC(C)C(NC(=O)c1ccc(Cn2cncn2)cc1)c1nc2ccccc2[nH]1. The summed E-state index contributed by atoms with van der Waals surface area (Å²) in [4.78, 5) is 24.7. The molecule has 7 nitrogen and oxygen atoms in total. The van der Waals surface area contributed by atoms with Crippen molar-refractivity contribution < 1.29 is 4.79 Å². The topological polar surface area (TPSA) is 88.5 Å². The Morgan fingerprint density at radius 1 is 1.14 bits per heavy atom. The highest BCUT2D eigenvalue weighted by Crippen LogP contribution is 2.22. The number of hydrogen-bond donors (Lipinski definition) is 2. The molecule has 0 aliphatic carbocycles. The Kier molecular flexibility index (Phi) is 4.89. The van der Waals surface area contributed by atoms with Crippen molar-refractivity contribution in [2.45, 2.75) is 26.4 Å². The van der Waals surface area contributed by atoms with E-state index in [0.717, 1.165) is 22.4 Å². The normalized spacial score (nSPS) is 12.4. The van der Waals surface area contributed by atoms with E-state index in [-0.39, 0.29) is 17.9 Å². The van der Waals surface area contributed by atoms with Crippen molar-refractivity contribution in [3.8, 4) is 0 Å². The van der Waals surface area contributed by atoms with Crippen molar-refractivity contribution in [3.05, 3.63) is 78.1 Å². The number of imidazole rings is 1. The molecule has 1 atom stereocenters. The number of fused-ring (bicyclic) bond motifs is 1. The lowest BCUT2D eigenvalue weighted by Gasteiger charge is -2.20. The third-order valence-corrected chi connectivity index (χ3v) is 4.68. The van der Waals surface area contributed by atoms with Gasteiger partial charge in [-0.25, -0.2) is 14.6 Å². The van der Waals surface area contributed by atoms with Crippen LogP contribution in [0.15, 0.2) is 61.2 Å². The zero-order chi connectivity index (χ0) is 19.5. The summed E-state index contributed by atoms with van der Waals surface area (Å²) in [5, 5.41) is 7.21. The van der Waals surface area contributed by atoms with Gasteiger partial charge >= 0.3 is 0 Å². The third-order valence-electron chi connectivity index (χ3n) is 4.68. The van der Waals surface area contributed by atoms with Gasteiger partial charge in [0.15, 0.2) is 0 Å². The number of nitrogens with zero attached hydrogens (tertiary/aromatic N) is 4. The van der Waals surface area contributed by atoms with E-state index in [2.05, 4.69) is 39.2 Å². The van der Waals surface area contributed by atoms with Crippen LogP contribution in [0.4, 0.5) is 0 Å². The highest BCUT2D eigenvalue weighted by molar-refractivity contribution is 5.94. The lowest BCUT2D eigenvalue weighted by atomic mass is 10.0. The lowest BCUT2D eigenvalue weighted by molar-refractivity contribution is 0.0923. The Hall–Kier alpha value is -3.48. The number of benzene rings is 2. The maximum atomic E-state index is 12.8. The first-order chi connectivity index (χ1) is 13.6. The Balaban J connectivity index is 1.50. The van der Waals surface area contributed by atoms with Crippen LogP contribution in [0.1, 0.15) is 41.6 Å². The molecule has 1 amide bonds. The van der Waals surface area contributed by atoms with Crippen LogP contribution in [-0.2, 0) is 6.54 Å². The van der Waals surface area contributed by atoms with Gasteiger partial charge in [-0.2, -0.15) is 5.10 Å². The molecule has 142 valence electrons. The van der Waals surface area contributed by atoms with Gasteiger partial charge in [-0.3, -0.25) is 4.79 Å². The van der Waals surface area contributed by atoms with E-state index < -0.39 is 0 Å². The number of carbonyl (C=O) groups is 1. The molecule has 28 heavy (non-hydrogen) atoms. The number of nitrogens with one attached hydrogen (secondary N) is 2. The minimum atomic E-state index is -0.199. The molecule has 2 aromatic heterocycles. The molecular weight excluding hydrogens is 352 g/mol. The Morgan fingerprint density at radius 2 is 1.93 bits per heavy atom. The summed E-state index contributed by atoms with van der Waals surface area (Å²) >= 11 is 0. The molecule has 2 aromatic carbocycles. The number of carbonyl (C=O) groups excluding carboxylic acids is 1. The van der Waals surface area contributed by atoms with Gasteiger partial charge in [-0.05, 0) is 35.7 Å². The van der Waals surface area contributed by atoms with Gasteiger partial charge in [0.2, 0.25) is 0 Å². The molecule has 4 aromatic rings. The first-order valence-electron chi connectivity index (χ1n) is 9.27. The van der Waals surface area contributed by atoms with Crippen molar-refractivity contribution in [2.24, 2.45) is 5.92 Å². The van der Waals surface area contributed by atoms with Crippen LogP contribution >= 0.6 is 0 Å². The van der Waals surface area contributed by atoms with Crippen LogP contribution in [0.5, 0.6) is 0 Å². The first-order valence-corrected chi connectivity index (χ1v) is 9.27. The van der Waals surface area contributed by atoms with E-state index in [0.29, 0.717) is 12.1 Å². The van der Waals surface area contributed by atoms with Crippen LogP contribution in [0.3, 0.4) is 0 Å². The number of aromatic nitrogens is 5. The van der Waals surface area contributed by atoms with Crippen LogP contribution < -0.4 is 5.32 Å². The summed E-state index contributed by atoms with van der Waals surface area (Å²) in [6, 6.07) is 15.2. The van der Waals surface area contributed by atoms with Gasteiger partial charge in [0.25, 0.3) is 5.91 Å². The summed E-state index contributed by atoms with van der Waals surface area (Å²) < 4.78 is 1.74. The number of para-hydroxylation sites is 2. The number of H-pyrrole nitrogens is 1. The van der Waals surface area contributed by atoms with E-state index >= 15 is 0 Å². The molecule has 0 aliphatic rings. The molecule has 7 heteroatoms. The van der Waals surface area contributed by atoms with Crippen molar-refractivity contribution >= 4 is 16.9 Å². The monoisotopic (exact) mass is 374 g/mol. The molecule has 0 radical (unpaired) electrons. The van der Waals surface area contributed by atoms with E-state index in [1.807, 2.05) is 48.5 Å². The Morgan fingerprint density at radius 3 is 2.61 bits per heavy atom. The summed E-state index contributed by atoms with van der Waals surface area (Å²) in [7, 11) is 0. The molecule has 1 unspecified atom stereocenters. The van der Waals surface area contributed by atoms with Gasteiger partial charge in [0.05, 0.1) is 23.6 Å². The average molecular weight is 374 g/mol. The van der Waals surface area contributed by atoms with Gasteiger partial charge < -0.3 is 10.3 Å². The summed E-state index contributed by atoms with van der Waals surface area (Å²) in [5.41, 5.74) is 3.54. The Bertz CT molecular complexity index is 1030. The second kappa shape index (κ2) is 7.64. The van der Waals surface area contributed by atoms with E-state index in [1.165, 1.54) is 6.33 Å². The van der Waals surface area contributed by atoms with Crippen LogP contribution in [-0.4, -0.2) is 30.6 Å². The lowest BCUT2D eigenvalue weighted by Crippen LogP contribution is -2.32. The standard InChI is InChI=1S/C21H22N6O/c1-14(2)19(20-24-17-5-3-4-6-18(17)25-20)26-21(28)16-9-7-15(8-10-16)11-27-13-22-12-23-27/h3-10,12-14,19H,11H2,1-2H3,(H,24,25)(H,26,28). The van der Waals surface area contributed by atoms with Gasteiger partial charge in [0, 0.05) is 5.56 Å². The smallest absolute Gasteiger partial charge is 0.251 e. The molecule has 0 fully saturated rings. The van der Waals surface area contributed by atoms with E-state index in [4.69, 9.17) is 0 Å². The predicted molar refractivity (Wildman–Crippen MR) is 107 cm³/mol. The second-order valence-electron chi connectivity index (χ2n) is 7.12. The number of hydrogen-bond acceptors (Lipinski definition) is 4. The number of rotatable bonds is 6. The fraction of sp³-hybridized carbons (Fsp3) is 0.238. The van der Waals surface area contributed by atoms with Gasteiger partial charge in [-0.15, -0.1) is 0 Å². The average Bonchev–Trinajstić information content (AvgIpc) is 3.35. The van der Waals surface area contributed by atoms with Crippen molar-refractivity contribution in [1.29, 1.82) is 0 Å². The first kappa shape index (κ1) is 17.9. The van der Waals surface area contributed by atoms with Crippen molar-refractivity contribution in [1.82, 2.24) is 30.0 Å². The number of aromatic amines is 1. The molecule has 0 saturated carbocycles. The summed E-state index contributed by atoms with van der Waals surface area (Å²) in [5.74, 6) is 0.843. The molecule has 4 rings (SSSR count). The maximum absolute atomic E-state index is 12.8. The minimum absolute atomic E-state index is 0.119. The van der Waals surface area contributed by atoms with Crippen molar-refractivity contribution in [2.75, 3.05) is 0 Å². The summed E-state index contributed by atoms with van der Waals surface area (Å²) in [6.45, 7) is 4.76. The second-order valence-corrected chi connectivity index (χ2v) is 7.12. The quantitative estimate of drug-likeness (QED) is 0.542. The molecule has 0 saturated heterocycles. The Labute approximate surface area is 162 Å². The van der Waals surface area contributed by atoms with E-state index in [9.17, 15) is 4.79 Å². The highest BCUT2D eigenvalue weighted by atomic mass is 16.1. The molecule has 0 aliphatic heterocycles. The molecular formula is C21H22N6O. The minimum Gasteiger partial charge on any atom is -0.342 e.